The minimum absolute atomic E-state index is 0.324. The van der Waals surface area contributed by atoms with Crippen LogP contribution in [-0.4, -0.2) is 0 Å². The van der Waals surface area contributed by atoms with E-state index in [1.807, 2.05) is 0 Å². The Kier molecular flexibility index (Phi) is 8.78. The summed E-state index contributed by atoms with van der Waals surface area (Å²) in [6.45, 7) is 4.83. The summed E-state index contributed by atoms with van der Waals surface area (Å²) in [6.07, 6.45) is 0. The van der Waals surface area contributed by atoms with Gasteiger partial charge in [-0.15, -0.1) is 0 Å². The van der Waals surface area contributed by atoms with Gasteiger partial charge in [-0.1, -0.05) is 178 Å². The van der Waals surface area contributed by atoms with Crippen molar-refractivity contribution in [2.45, 2.75) is 24.7 Å². The van der Waals surface area contributed by atoms with Gasteiger partial charge in [-0.2, -0.15) is 0 Å². The Morgan fingerprint density at radius 3 is 1.27 bits per heavy atom. The first kappa shape index (κ1) is 39.0. The molecule has 13 rings (SSSR count). The molecule has 2 aliphatic carbocycles. The Hall–Kier alpha value is -8.40. The lowest BCUT2D eigenvalue weighted by atomic mass is 9.63. The van der Waals surface area contributed by atoms with Crippen LogP contribution in [0.15, 0.2) is 249 Å². The lowest BCUT2D eigenvalue weighted by molar-refractivity contribution is 0.658. The molecule has 0 saturated carbocycles. The summed E-state index contributed by atoms with van der Waals surface area (Å²) in [4.78, 5) is 7.47. The van der Waals surface area contributed by atoms with Gasteiger partial charge >= 0.3 is 0 Å². The van der Waals surface area contributed by atoms with E-state index in [4.69, 9.17) is 0 Å². The van der Waals surface area contributed by atoms with E-state index in [2.05, 4.69) is 277 Å². The van der Waals surface area contributed by atoms with Crippen molar-refractivity contribution in [2.24, 2.45) is 0 Å². The third kappa shape index (κ3) is 5.65. The zero-order valence-electron chi connectivity index (χ0n) is 37.5. The van der Waals surface area contributed by atoms with Crippen LogP contribution in [0.25, 0.3) is 22.3 Å². The first-order valence-electron chi connectivity index (χ1n) is 23.4. The molecular formula is C64H47N3. The molecule has 0 N–H and O–H groups in total. The second-order valence-corrected chi connectivity index (χ2v) is 18.4. The lowest BCUT2D eigenvalue weighted by Crippen LogP contribution is -2.37. The van der Waals surface area contributed by atoms with E-state index in [-0.39, 0.29) is 5.41 Å². The molecule has 0 fully saturated rings. The normalized spacial score (nSPS) is 14.0. The molecular weight excluding hydrogens is 811 g/mol. The molecule has 1 heterocycles. The first-order valence-corrected chi connectivity index (χ1v) is 23.4. The van der Waals surface area contributed by atoms with Crippen molar-refractivity contribution in [3.63, 3.8) is 0 Å². The maximum Gasteiger partial charge on any atom is 0.0755 e. The van der Waals surface area contributed by atoms with Gasteiger partial charge in [0.1, 0.15) is 0 Å². The minimum atomic E-state index is -0.673. The van der Waals surface area contributed by atoms with Crippen LogP contribution in [0.1, 0.15) is 47.2 Å². The number of hydrogen-bond donors (Lipinski definition) is 0. The second-order valence-electron chi connectivity index (χ2n) is 18.4. The van der Waals surface area contributed by atoms with Gasteiger partial charge in [0, 0.05) is 39.4 Å². The standard InChI is InChI=1S/C64H47N3/c1-63(2)54-38-22-40-58(65(44-24-8-3-9-25-44)45-26-10-4-11-27-45)61(54)51-42-57-60(43-56(51)63)67(48-32-16-7-17-33-48)62-55(64(57)52-36-20-18-34-49(52)50-35-19-21-37-53(50)64)39-23-41-59(62)66(46-28-12-5-13-29-46)47-30-14-6-15-31-47/h3-43H,1-2H3. The maximum atomic E-state index is 2.60. The molecule has 318 valence electrons. The predicted molar refractivity (Wildman–Crippen MR) is 279 cm³/mol. The van der Waals surface area contributed by atoms with E-state index in [1.54, 1.807) is 0 Å². The Morgan fingerprint density at radius 1 is 0.328 bits per heavy atom. The number of nitrogens with zero attached hydrogens (tertiary/aromatic N) is 3. The zero-order valence-corrected chi connectivity index (χ0v) is 37.5. The average molecular weight is 858 g/mol. The van der Waals surface area contributed by atoms with Crippen LogP contribution < -0.4 is 14.7 Å². The third-order valence-electron chi connectivity index (χ3n) is 14.6. The molecule has 1 spiro atoms. The number of hydrogen-bond acceptors (Lipinski definition) is 3. The summed E-state index contributed by atoms with van der Waals surface area (Å²) in [6, 6.07) is 91.8. The van der Waals surface area contributed by atoms with E-state index < -0.39 is 5.41 Å². The van der Waals surface area contributed by atoms with Gasteiger partial charge in [0.15, 0.2) is 0 Å². The highest BCUT2D eigenvalue weighted by atomic mass is 15.2. The Bertz CT molecular complexity index is 3370. The van der Waals surface area contributed by atoms with Crippen molar-refractivity contribution >= 4 is 51.2 Å². The van der Waals surface area contributed by atoms with Crippen LogP contribution in [0.2, 0.25) is 0 Å². The van der Waals surface area contributed by atoms with Gasteiger partial charge in [0.2, 0.25) is 0 Å². The van der Waals surface area contributed by atoms with Gasteiger partial charge in [0.25, 0.3) is 0 Å². The van der Waals surface area contributed by atoms with Gasteiger partial charge in [-0.3, -0.25) is 0 Å². The number of para-hydroxylation sites is 6. The molecule has 10 aromatic rings. The molecule has 0 aromatic heterocycles. The van der Waals surface area contributed by atoms with Crippen LogP contribution in [0.3, 0.4) is 0 Å². The number of anilines is 9. The third-order valence-corrected chi connectivity index (χ3v) is 14.6. The molecule has 3 nitrogen and oxygen atoms in total. The summed E-state index contributed by atoms with van der Waals surface area (Å²) in [5.74, 6) is 0. The Balaban J connectivity index is 1.18. The van der Waals surface area contributed by atoms with Crippen molar-refractivity contribution in [3.05, 3.63) is 282 Å². The van der Waals surface area contributed by atoms with Gasteiger partial charge < -0.3 is 14.7 Å². The molecule has 10 aromatic carbocycles. The number of rotatable bonds is 7. The topological polar surface area (TPSA) is 9.72 Å². The van der Waals surface area contributed by atoms with Gasteiger partial charge in [-0.25, -0.2) is 0 Å². The van der Waals surface area contributed by atoms with Crippen LogP contribution in [0.5, 0.6) is 0 Å². The molecule has 0 bridgehead atoms. The van der Waals surface area contributed by atoms with Crippen molar-refractivity contribution < 1.29 is 0 Å². The second kappa shape index (κ2) is 15.1. The summed E-state index contributed by atoms with van der Waals surface area (Å²) in [5.41, 5.74) is 22.0. The van der Waals surface area contributed by atoms with E-state index in [0.29, 0.717) is 0 Å². The number of fused-ring (bicyclic) bond motifs is 12. The highest BCUT2D eigenvalue weighted by Crippen LogP contribution is 2.67. The summed E-state index contributed by atoms with van der Waals surface area (Å²) >= 11 is 0. The van der Waals surface area contributed by atoms with Gasteiger partial charge in [-0.05, 0) is 135 Å². The smallest absolute Gasteiger partial charge is 0.0755 e. The molecule has 3 heteroatoms. The maximum absolute atomic E-state index is 2.60. The van der Waals surface area contributed by atoms with Crippen molar-refractivity contribution in [1.29, 1.82) is 0 Å². The molecule has 0 radical (unpaired) electrons. The van der Waals surface area contributed by atoms with Crippen LogP contribution in [-0.2, 0) is 10.8 Å². The van der Waals surface area contributed by atoms with E-state index in [0.717, 1.165) is 39.8 Å². The number of benzene rings is 10. The molecule has 0 unspecified atom stereocenters. The molecule has 1 aliphatic heterocycles. The quantitative estimate of drug-likeness (QED) is 0.158. The van der Waals surface area contributed by atoms with Crippen LogP contribution in [0, 0.1) is 0 Å². The fraction of sp³-hybridized carbons (Fsp3) is 0.0625. The summed E-state index contributed by atoms with van der Waals surface area (Å²) in [7, 11) is 0. The van der Waals surface area contributed by atoms with E-state index in [9.17, 15) is 0 Å². The SMILES string of the molecule is CC1(C)c2cc3c(cc2-c2c(N(c4ccccc4)c4ccccc4)cccc21)C1(c2ccccc2-c2ccccc21)c1cccc(N(c2ccccc2)c2ccccc2)c1N3c1ccccc1. The highest BCUT2D eigenvalue weighted by Gasteiger charge is 2.54. The van der Waals surface area contributed by atoms with Gasteiger partial charge in [0.05, 0.1) is 28.2 Å². The lowest BCUT2D eigenvalue weighted by Gasteiger charge is -2.47. The minimum Gasteiger partial charge on any atom is -0.310 e. The van der Waals surface area contributed by atoms with Crippen molar-refractivity contribution in [3.8, 4) is 22.3 Å². The average Bonchev–Trinajstić information content (AvgIpc) is 3.81. The zero-order chi connectivity index (χ0) is 44.7. The largest absolute Gasteiger partial charge is 0.310 e. The highest BCUT2D eigenvalue weighted by molar-refractivity contribution is 6.04. The van der Waals surface area contributed by atoms with Crippen LogP contribution in [0.4, 0.5) is 51.2 Å². The van der Waals surface area contributed by atoms with Crippen LogP contribution >= 0.6 is 0 Å². The Labute approximate surface area is 393 Å². The molecule has 0 amide bonds. The summed E-state index contributed by atoms with van der Waals surface area (Å²) in [5, 5.41) is 0. The Morgan fingerprint density at radius 2 is 0.746 bits per heavy atom. The van der Waals surface area contributed by atoms with Crippen molar-refractivity contribution in [2.75, 3.05) is 14.7 Å². The first-order chi connectivity index (χ1) is 33.0. The molecule has 0 saturated heterocycles. The van der Waals surface area contributed by atoms with Crippen molar-refractivity contribution in [1.82, 2.24) is 0 Å². The molecule has 3 aliphatic rings. The van der Waals surface area contributed by atoms with E-state index in [1.165, 1.54) is 67.0 Å². The fourth-order valence-electron chi connectivity index (χ4n) is 11.8. The van der Waals surface area contributed by atoms with E-state index >= 15 is 0 Å². The molecule has 0 atom stereocenters. The summed E-state index contributed by atoms with van der Waals surface area (Å²) < 4.78 is 0. The monoisotopic (exact) mass is 857 g/mol. The molecule has 67 heavy (non-hydrogen) atoms. The predicted octanol–water partition coefficient (Wildman–Crippen LogP) is 17.1. The fourth-order valence-corrected chi connectivity index (χ4v) is 11.8.